The van der Waals surface area contributed by atoms with E-state index in [2.05, 4.69) is 5.32 Å². The topological polar surface area (TPSA) is 98.2 Å². The molecule has 1 aromatic rings. The molecule has 0 spiro atoms. The molecule has 0 bridgehead atoms. The molecule has 2 rings (SSSR count). The van der Waals surface area contributed by atoms with E-state index in [0.29, 0.717) is 18.8 Å². The molecule has 0 radical (unpaired) electrons. The van der Waals surface area contributed by atoms with E-state index in [-0.39, 0.29) is 10.3 Å². The van der Waals surface area contributed by atoms with E-state index in [0.717, 1.165) is 12.8 Å². The standard InChI is InChI=1S/C13H21N3O2S/c14-9-13(7-3-4-8-13)10-16-11-5-1-2-6-12(11)19(15,17)18/h1-2,5-6,16H,3-4,7-10,14H2,(H2,15,17,18). The van der Waals surface area contributed by atoms with Gasteiger partial charge in [-0.1, -0.05) is 25.0 Å². The molecule has 1 aliphatic carbocycles. The zero-order valence-electron chi connectivity index (χ0n) is 10.9. The van der Waals surface area contributed by atoms with E-state index in [1.165, 1.54) is 18.9 Å². The van der Waals surface area contributed by atoms with Gasteiger partial charge in [0.05, 0.1) is 5.69 Å². The van der Waals surface area contributed by atoms with E-state index in [4.69, 9.17) is 10.9 Å². The predicted octanol–water partition coefficient (Wildman–Crippen LogP) is 1.26. The summed E-state index contributed by atoms with van der Waals surface area (Å²) in [5.74, 6) is 0. The average molecular weight is 283 g/mol. The van der Waals surface area contributed by atoms with Crippen LogP contribution in [0.5, 0.6) is 0 Å². The monoisotopic (exact) mass is 283 g/mol. The molecule has 1 aliphatic rings. The first kappa shape index (κ1) is 14.3. The van der Waals surface area contributed by atoms with Crippen molar-refractivity contribution in [3.63, 3.8) is 0 Å². The lowest BCUT2D eigenvalue weighted by atomic mass is 9.86. The molecule has 6 heteroatoms. The van der Waals surface area contributed by atoms with Gasteiger partial charge in [-0.05, 0) is 36.9 Å². The molecule has 0 atom stereocenters. The van der Waals surface area contributed by atoms with E-state index in [1.54, 1.807) is 18.2 Å². The van der Waals surface area contributed by atoms with Gasteiger partial charge < -0.3 is 11.1 Å². The zero-order valence-corrected chi connectivity index (χ0v) is 11.7. The first-order chi connectivity index (χ1) is 8.97. The lowest BCUT2D eigenvalue weighted by Gasteiger charge is -2.28. The maximum Gasteiger partial charge on any atom is 0.240 e. The van der Waals surface area contributed by atoms with Crippen molar-refractivity contribution in [2.24, 2.45) is 16.3 Å². The minimum atomic E-state index is -3.70. The Bertz CT molecular complexity index is 537. The highest BCUT2D eigenvalue weighted by molar-refractivity contribution is 7.89. The summed E-state index contributed by atoms with van der Waals surface area (Å²) < 4.78 is 23.0. The lowest BCUT2D eigenvalue weighted by molar-refractivity contribution is 0.332. The van der Waals surface area contributed by atoms with Crippen molar-refractivity contribution in [1.82, 2.24) is 0 Å². The fourth-order valence-electron chi connectivity index (χ4n) is 2.72. The van der Waals surface area contributed by atoms with Crippen LogP contribution in [-0.2, 0) is 10.0 Å². The molecule has 1 aromatic carbocycles. The number of para-hydroxylation sites is 1. The molecule has 0 aromatic heterocycles. The van der Waals surface area contributed by atoms with Crippen LogP contribution in [0.3, 0.4) is 0 Å². The van der Waals surface area contributed by atoms with Gasteiger partial charge in [0.1, 0.15) is 4.90 Å². The molecule has 0 aliphatic heterocycles. The van der Waals surface area contributed by atoms with Gasteiger partial charge in [0.15, 0.2) is 0 Å². The number of anilines is 1. The second kappa shape index (κ2) is 5.48. The first-order valence-electron chi connectivity index (χ1n) is 6.53. The predicted molar refractivity (Wildman–Crippen MR) is 76.3 cm³/mol. The zero-order chi connectivity index (χ0) is 13.9. The Balaban J connectivity index is 2.16. The Morgan fingerprint density at radius 3 is 2.42 bits per heavy atom. The molecule has 0 saturated heterocycles. The number of benzene rings is 1. The van der Waals surface area contributed by atoms with Crippen LogP contribution >= 0.6 is 0 Å². The van der Waals surface area contributed by atoms with E-state index in [1.807, 2.05) is 0 Å². The summed E-state index contributed by atoms with van der Waals surface area (Å²) in [6, 6.07) is 6.71. The summed E-state index contributed by atoms with van der Waals surface area (Å²) in [6.07, 6.45) is 4.56. The smallest absolute Gasteiger partial charge is 0.240 e. The summed E-state index contributed by atoms with van der Waals surface area (Å²) in [6.45, 7) is 1.31. The number of sulfonamides is 1. The number of nitrogens with two attached hydrogens (primary N) is 2. The molecule has 1 saturated carbocycles. The van der Waals surface area contributed by atoms with Crippen molar-refractivity contribution in [3.8, 4) is 0 Å². The Labute approximate surface area is 114 Å². The van der Waals surface area contributed by atoms with Gasteiger partial charge in [-0.15, -0.1) is 0 Å². The van der Waals surface area contributed by atoms with E-state index < -0.39 is 10.0 Å². The van der Waals surface area contributed by atoms with Gasteiger partial charge in [0, 0.05) is 6.54 Å². The van der Waals surface area contributed by atoms with Gasteiger partial charge in [-0.25, -0.2) is 13.6 Å². The third-order valence-electron chi connectivity index (χ3n) is 3.94. The molecule has 0 heterocycles. The second-order valence-electron chi connectivity index (χ2n) is 5.31. The quantitative estimate of drug-likeness (QED) is 0.757. The average Bonchev–Trinajstić information content (AvgIpc) is 2.85. The molecule has 106 valence electrons. The van der Waals surface area contributed by atoms with Crippen LogP contribution in [0.1, 0.15) is 25.7 Å². The summed E-state index contributed by atoms with van der Waals surface area (Å²) in [5, 5.41) is 8.43. The van der Waals surface area contributed by atoms with Crippen LogP contribution in [0.4, 0.5) is 5.69 Å². The molecule has 5 N–H and O–H groups in total. The molecule has 19 heavy (non-hydrogen) atoms. The van der Waals surface area contributed by atoms with Gasteiger partial charge >= 0.3 is 0 Å². The van der Waals surface area contributed by atoms with Crippen molar-refractivity contribution < 1.29 is 8.42 Å². The molecule has 0 amide bonds. The van der Waals surface area contributed by atoms with Gasteiger partial charge in [0.25, 0.3) is 0 Å². The van der Waals surface area contributed by atoms with Crippen LogP contribution in [0, 0.1) is 5.41 Å². The highest BCUT2D eigenvalue weighted by Gasteiger charge is 2.32. The number of nitrogens with one attached hydrogen (secondary N) is 1. The van der Waals surface area contributed by atoms with Crippen molar-refractivity contribution >= 4 is 15.7 Å². The van der Waals surface area contributed by atoms with Crippen molar-refractivity contribution in [3.05, 3.63) is 24.3 Å². The molecular formula is C13H21N3O2S. The van der Waals surface area contributed by atoms with Crippen molar-refractivity contribution in [2.75, 3.05) is 18.4 Å². The Hall–Kier alpha value is -1.11. The normalized spacial score (nSPS) is 18.4. The fourth-order valence-corrected chi connectivity index (χ4v) is 3.44. The number of hydrogen-bond donors (Lipinski definition) is 3. The van der Waals surface area contributed by atoms with E-state index >= 15 is 0 Å². The van der Waals surface area contributed by atoms with Crippen molar-refractivity contribution in [2.45, 2.75) is 30.6 Å². The van der Waals surface area contributed by atoms with Crippen LogP contribution < -0.4 is 16.2 Å². The maximum atomic E-state index is 11.5. The van der Waals surface area contributed by atoms with Crippen LogP contribution in [0.25, 0.3) is 0 Å². The molecule has 1 fully saturated rings. The van der Waals surface area contributed by atoms with Gasteiger partial charge in [0.2, 0.25) is 10.0 Å². The Kier molecular flexibility index (Phi) is 4.13. The fraction of sp³-hybridized carbons (Fsp3) is 0.538. The third-order valence-corrected chi connectivity index (χ3v) is 4.91. The van der Waals surface area contributed by atoms with Crippen molar-refractivity contribution in [1.29, 1.82) is 0 Å². The first-order valence-corrected chi connectivity index (χ1v) is 8.07. The Morgan fingerprint density at radius 1 is 1.21 bits per heavy atom. The highest BCUT2D eigenvalue weighted by atomic mass is 32.2. The number of hydrogen-bond acceptors (Lipinski definition) is 4. The summed E-state index contributed by atoms with van der Waals surface area (Å²) in [7, 11) is -3.70. The van der Waals surface area contributed by atoms with Gasteiger partial charge in [-0.2, -0.15) is 0 Å². The van der Waals surface area contributed by atoms with Gasteiger partial charge in [-0.3, -0.25) is 0 Å². The summed E-state index contributed by atoms with van der Waals surface area (Å²) >= 11 is 0. The molecule has 5 nitrogen and oxygen atoms in total. The summed E-state index contributed by atoms with van der Waals surface area (Å²) in [4.78, 5) is 0.139. The summed E-state index contributed by atoms with van der Waals surface area (Å²) in [5.41, 5.74) is 6.52. The minimum absolute atomic E-state index is 0.0888. The van der Waals surface area contributed by atoms with Crippen LogP contribution in [0.15, 0.2) is 29.2 Å². The SMILES string of the molecule is NCC1(CNc2ccccc2S(N)(=O)=O)CCCC1. The maximum absolute atomic E-state index is 11.5. The number of primary sulfonamides is 1. The Morgan fingerprint density at radius 2 is 1.84 bits per heavy atom. The highest BCUT2D eigenvalue weighted by Crippen LogP contribution is 2.37. The largest absolute Gasteiger partial charge is 0.383 e. The van der Waals surface area contributed by atoms with Crippen LogP contribution in [0.2, 0.25) is 0 Å². The lowest BCUT2D eigenvalue weighted by Crippen LogP contribution is -2.35. The van der Waals surface area contributed by atoms with Crippen LogP contribution in [-0.4, -0.2) is 21.5 Å². The number of rotatable bonds is 5. The minimum Gasteiger partial charge on any atom is -0.383 e. The molecular weight excluding hydrogens is 262 g/mol. The molecule has 0 unspecified atom stereocenters. The second-order valence-corrected chi connectivity index (χ2v) is 6.84. The van der Waals surface area contributed by atoms with E-state index in [9.17, 15) is 8.42 Å². The third kappa shape index (κ3) is 3.26.